The van der Waals surface area contributed by atoms with Gasteiger partial charge in [0.2, 0.25) is 0 Å². The molecule has 2 aromatic carbocycles. The summed E-state index contributed by atoms with van der Waals surface area (Å²) in [7, 11) is 0. The molecular formula is C16H15FO2. The maximum Gasteiger partial charge on any atom is 0.159 e. The van der Waals surface area contributed by atoms with Crippen LogP contribution >= 0.6 is 0 Å². The molecule has 0 amide bonds. The van der Waals surface area contributed by atoms with Crippen molar-refractivity contribution in [1.82, 2.24) is 0 Å². The number of carbonyl (C=O) groups excluding carboxylic acids is 1. The van der Waals surface area contributed by atoms with Gasteiger partial charge in [-0.15, -0.1) is 0 Å². The quantitative estimate of drug-likeness (QED) is 0.777. The zero-order valence-corrected chi connectivity index (χ0v) is 10.9. The van der Waals surface area contributed by atoms with Gasteiger partial charge in [-0.3, -0.25) is 4.79 Å². The molecule has 2 aromatic rings. The van der Waals surface area contributed by atoms with Crippen LogP contribution in [0.1, 0.15) is 28.4 Å². The number of carbonyl (C=O) groups is 1. The Labute approximate surface area is 111 Å². The molecule has 0 spiro atoms. The number of ether oxygens (including phenoxy) is 1. The van der Waals surface area contributed by atoms with Crippen LogP contribution in [0.4, 0.5) is 4.39 Å². The van der Waals surface area contributed by atoms with E-state index in [0.29, 0.717) is 12.2 Å². The van der Waals surface area contributed by atoms with E-state index in [9.17, 15) is 9.18 Å². The van der Waals surface area contributed by atoms with Crippen molar-refractivity contribution in [2.24, 2.45) is 0 Å². The topological polar surface area (TPSA) is 26.3 Å². The van der Waals surface area contributed by atoms with Crippen molar-refractivity contribution in [3.63, 3.8) is 0 Å². The van der Waals surface area contributed by atoms with Crippen LogP contribution in [-0.2, 0) is 6.61 Å². The molecule has 2 rings (SSSR count). The van der Waals surface area contributed by atoms with E-state index in [4.69, 9.17) is 4.74 Å². The summed E-state index contributed by atoms with van der Waals surface area (Å²) in [4.78, 5) is 11.2. The monoisotopic (exact) mass is 258 g/mol. The average Bonchev–Trinajstić information content (AvgIpc) is 2.39. The van der Waals surface area contributed by atoms with E-state index in [1.54, 1.807) is 24.3 Å². The molecular weight excluding hydrogens is 243 g/mol. The summed E-state index contributed by atoms with van der Waals surface area (Å²) in [6.07, 6.45) is 0. The molecule has 0 bridgehead atoms. The first-order valence-electron chi connectivity index (χ1n) is 6.05. The Morgan fingerprint density at radius 1 is 1.16 bits per heavy atom. The number of hydrogen-bond donors (Lipinski definition) is 0. The molecule has 0 aliphatic carbocycles. The predicted molar refractivity (Wildman–Crippen MR) is 71.9 cm³/mol. The summed E-state index contributed by atoms with van der Waals surface area (Å²) in [6, 6.07) is 11.5. The first-order valence-corrected chi connectivity index (χ1v) is 6.05. The highest BCUT2D eigenvalue weighted by molar-refractivity contribution is 5.94. The van der Waals surface area contributed by atoms with E-state index in [0.717, 1.165) is 16.9 Å². The van der Waals surface area contributed by atoms with Crippen LogP contribution in [0.3, 0.4) is 0 Å². The molecule has 0 N–H and O–H groups in total. The standard InChI is InChI=1S/C16H15FO2/c1-11-9-14(12(2)18)5-8-16(11)19-10-13-3-6-15(17)7-4-13/h3-9H,10H2,1-2H3. The summed E-state index contributed by atoms with van der Waals surface area (Å²) >= 11 is 0. The first-order chi connectivity index (χ1) is 9.06. The molecule has 0 fully saturated rings. The Hall–Kier alpha value is -2.16. The highest BCUT2D eigenvalue weighted by Crippen LogP contribution is 2.20. The molecule has 98 valence electrons. The fourth-order valence-corrected chi connectivity index (χ4v) is 1.77. The molecule has 0 heterocycles. The molecule has 0 unspecified atom stereocenters. The average molecular weight is 258 g/mol. The highest BCUT2D eigenvalue weighted by atomic mass is 19.1. The molecule has 0 saturated carbocycles. The van der Waals surface area contributed by atoms with Crippen LogP contribution in [0.5, 0.6) is 5.75 Å². The van der Waals surface area contributed by atoms with Crippen LogP contribution in [-0.4, -0.2) is 5.78 Å². The molecule has 0 aliphatic heterocycles. The zero-order valence-electron chi connectivity index (χ0n) is 10.9. The largest absolute Gasteiger partial charge is 0.489 e. The minimum absolute atomic E-state index is 0.0354. The second kappa shape index (κ2) is 5.65. The third kappa shape index (κ3) is 3.41. The van der Waals surface area contributed by atoms with Crippen LogP contribution in [0.2, 0.25) is 0 Å². The molecule has 0 radical (unpaired) electrons. The number of aryl methyl sites for hydroxylation is 1. The van der Waals surface area contributed by atoms with E-state index in [2.05, 4.69) is 0 Å². The number of hydrogen-bond acceptors (Lipinski definition) is 2. The summed E-state index contributed by atoms with van der Waals surface area (Å²) in [6.45, 7) is 3.81. The van der Waals surface area contributed by atoms with Crippen molar-refractivity contribution in [2.45, 2.75) is 20.5 Å². The van der Waals surface area contributed by atoms with Crippen LogP contribution < -0.4 is 4.74 Å². The van der Waals surface area contributed by atoms with Crippen LogP contribution in [0, 0.1) is 12.7 Å². The Morgan fingerprint density at radius 3 is 2.42 bits per heavy atom. The van der Waals surface area contributed by atoms with Gasteiger partial charge in [0, 0.05) is 5.56 Å². The lowest BCUT2D eigenvalue weighted by Crippen LogP contribution is -1.99. The van der Waals surface area contributed by atoms with Crippen LogP contribution in [0.25, 0.3) is 0 Å². The zero-order chi connectivity index (χ0) is 13.8. The van der Waals surface area contributed by atoms with Crippen LogP contribution in [0.15, 0.2) is 42.5 Å². The van der Waals surface area contributed by atoms with Gasteiger partial charge in [0.05, 0.1) is 0 Å². The second-order valence-electron chi connectivity index (χ2n) is 4.45. The molecule has 2 nitrogen and oxygen atoms in total. The predicted octanol–water partition coefficient (Wildman–Crippen LogP) is 3.92. The van der Waals surface area contributed by atoms with E-state index < -0.39 is 0 Å². The Kier molecular flexibility index (Phi) is 3.95. The summed E-state index contributed by atoms with van der Waals surface area (Å²) in [5.41, 5.74) is 2.48. The maximum atomic E-state index is 12.8. The molecule has 19 heavy (non-hydrogen) atoms. The SMILES string of the molecule is CC(=O)c1ccc(OCc2ccc(F)cc2)c(C)c1. The van der Waals surface area contributed by atoms with Gasteiger partial charge >= 0.3 is 0 Å². The lowest BCUT2D eigenvalue weighted by atomic mass is 10.1. The first kappa shape index (κ1) is 13.3. The third-order valence-corrected chi connectivity index (χ3v) is 2.89. The van der Waals surface area contributed by atoms with Gasteiger partial charge in [-0.05, 0) is 55.3 Å². The minimum atomic E-state index is -0.259. The summed E-state index contributed by atoms with van der Waals surface area (Å²) in [5, 5.41) is 0. The number of halogens is 1. The van der Waals surface area contributed by atoms with Crippen molar-refractivity contribution in [3.05, 3.63) is 65.0 Å². The number of rotatable bonds is 4. The van der Waals surface area contributed by atoms with E-state index in [1.807, 2.05) is 13.0 Å². The van der Waals surface area contributed by atoms with Gasteiger partial charge in [0.25, 0.3) is 0 Å². The van der Waals surface area contributed by atoms with E-state index >= 15 is 0 Å². The number of ketones is 1. The molecule has 0 aliphatic rings. The third-order valence-electron chi connectivity index (χ3n) is 2.89. The fourth-order valence-electron chi connectivity index (χ4n) is 1.77. The fraction of sp³-hybridized carbons (Fsp3) is 0.188. The lowest BCUT2D eigenvalue weighted by molar-refractivity contribution is 0.101. The molecule has 0 saturated heterocycles. The smallest absolute Gasteiger partial charge is 0.159 e. The summed E-state index contributed by atoms with van der Waals surface area (Å²) < 4.78 is 18.4. The van der Waals surface area contributed by atoms with Gasteiger partial charge < -0.3 is 4.74 Å². The van der Waals surface area contributed by atoms with Crippen molar-refractivity contribution in [1.29, 1.82) is 0 Å². The Morgan fingerprint density at radius 2 is 1.84 bits per heavy atom. The van der Waals surface area contributed by atoms with E-state index in [-0.39, 0.29) is 11.6 Å². The summed E-state index contributed by atoms with van der Waals surface area (Å²) in [5.74, 6) is 0.508. The van der Waals surface area contributed by atoms with Crippen molar-refractivity contribution in [3.8, 4) is 5.75 Å². The Balaban J connectivity index is 2.07. The van der Waals surface area contributed by atoms with Gasteiger partial charge in [0.15, 0.2) is 5.78 Å². The van der Waals surface area contributed by atoms with Gasteiger partial charge in [-0.2, -0.15) is 0 Å². The van der Waals surface area contributed by atoms with Crippen molar-refractivity contribution < 1.29 is 13.9 Å². The number of benzene rings is 2. The maximum absolute atomic E-state index is 12.8. The molecule has 0 aromatic heterocycles. The molecule has 3 heteroatoms. The van der Waals surface area contributed by atoms with Gasteiger partial charge in [-0.1, -0.05) is 12.1 Å². The highest BCUT2D eigenvalue weighted by Gasteiger charge is 2.04. The minimum Gasteiger partial charge on any atom is -0.489 e. The van der Waals surface area contributed by atoms with Crippen molar-refractivity contribution in [2.75, 3.05) is 0 Å². The lowest BCUT2D eigenvalue weighted by Gasteiger charge is -2.10. The van der Waals surface area contributed by atoms with E-state index in [1.165, 1.54) is 19.1 Å². The van der Waals surface area contributed by atoms with Crippen molar-refractivity contribution >= 4 is 5.78 Å². The normalized spacial score (nSPS) is 10.3. The second-order valence-corrected chi connectivity index (χ2v) is 4.45. The molecule has 0 atom stereocenters. The number of Topliss-reactive ketones (excluding diaryl/α,β-unsaturated/α-hetero) is 1. The van der Waals surface area contributed by atoms with Gasteiger partial charge in [0.1, 0.15) is 18.2 Å². The van der Waals surface area contributed by atoms with Gasteiger partial charge in [-0.25, -0.2) is 4.39 Å². The Bertz CT molecular complexity index is 588.